The summed E-state index contributed by atoms with van der Waals surface area (Å²) in [5, 5.41) is 0. The Labute approximate surface area is 83.4 Å². The van der Waals surface area contributed by atoms with Gasteiger partial charge in [-0.25, -0.2) is 0 Å². The SMILES string of the molecule is [2H]C([2H])([2H])N([C@@H](C)Cc1ccccc1)C([2H])([2H])[2H]. The van der Waals surface area contributed by atoms with Gasteiger partial charge >= 0.3 is 0 Å². The monoisotopic (exact) mass is 169 g/mol. The Hall–Kier alpha value is -0.820. The zero-order valence-electron chi connectivity index (χ0n) is 13.1. The van der Waals surface area contributed by atoms with Crippen LogP contribution in [0.2, 0.25) is 0 Å². The molecule has 1 heteroatoms. The first-order chi connectivity index (χ1) is 8.12. The van der Waals surface area contributed by atoms with E-state index < -0.39 is 20.0 Å². The van der Waals surface area contributed by atoms with E-state index in [0.29, 0.717) is 11.3 Å². The third kappa shape index (κ3) is 2.67. The molecule has 1 aromatic rings. The predicted octanol–water partition coefficient (Wildman–Crippen LogP) is 2.18. The molecule has 1 aromatic carbocycles. The lowest BCUT2D eigenvalue weighted by molar-refractivity contribution is 0.312. The van der Waals surface area contributed by atoms with E-state index in [1.807, 2.05) is 30.3 Å². The van der Waals surface area contributed by atoms with Crippen LogP contribution in [0.25, 0.3) is 0 Å². The second-order valence-electron chi connectivity index (χ2n) is 2.91. The van der Waals surface area contributed by atoms with Crippen molar-refractivity contribution in [3.63, 3.8) is 0 Å². The van der Waals surface area contributed by atoms with Gasteiger partial charge in [0.2, 0.25) is 0 Å². The molecule has 1 rings (SSSR count). The highest BCUT2D eigenvalue weighted by Crippen LogP contribution is 2.05. The van der Waals surface area contributed by atoms with E-state index in [1.54, 1.807) is 6.92 Å². The van der Waals surface area contributed by atoms with Crippen molar-refractivity contribution in [2.75, 3.05) is 14.0 Å². The van der Waals surface area contributed by atoms with Gasteiger partial charge < -0.3 is 4.90 Å². The van der Waals surface area contributed by atoms with E-state index >= 15 is 0 Å². The minimum atomic E-state index is -2.63. The van der Waals surface area contributed by atoms with Gasteiger partial charge in [0.1, 0.15) is 0 Å². The molecule has 0 saturated heterocycles. The van der Waals surface area contributed by atoms with Crippen molar-refractivity contribution in [3.8, 4) is 0 Å². The minimum Gasteiger partial charge on any atom is -0.306 e. The third-order valence-corrected chi connectivity index (χ3v) is 1.81. The molecule has 0 aliphatic rings. The molecule has 0 aliphatic heterocycles. The first-order valence-corrected chi connectivity index (χ1v) is 3.96. The highest BCUT2D eigenvalue weighted by molar-refractivity contribution is 5.15. The minimum absolute atomic E-state index is 0.387. The van der Waals surface area contributed by atoms with Gasteiger partial charge in [0.05, 0.1) is 0 Å². The van der Waals surface area contributed by atoms with Crippen molar-refractivity contribution in [1.82, 2.24) is 4.90 Å². The van der Waals surface area contributed by atoms with Crippen LogP contribution < -0.4 is 0 Å². The fraction of sp³-hybridized carbons (Fsp3) is 0.455. The van der Waals surface area contributed by atoms with Crippen LogP contribution in [0.5, 0.6) is 0 Å². The van der Waals surface area contributed by atoms with Crippen LogP contribution in [0.1, 0.15) is 20.7 Å². The van der Waals surface area contributed by atoms with E-state index in [2.05, 4.69) is 0 Å². The van der Waals surface area contributed by atoms with Crippen LogP contribution in [0.3, 0.4) is 0 Å². The summed E-state index contributed by atoms with van der Waals surface area (Å²) in [6.45, 7) is -3.63. The lowest BCUT2D eigenvalue weighted by Crippen LogP contribution is -2.26. The Kier molecular flexibility index (Phi) is 1.40. The highest BCUT2D eigenvalue weighted by atomic mass is 15.1. The van der Waals surface area contributed by atoms with Crippen LogP contribution >= 0.6 is 0 Å². The van der Waals surface area contributed by atoms with E-state index in [1.165, 1.54) is 0 Å². The Bertz CT molecular complexity index is 355. The van der Waals surface area contributed by atoms with Gasteiger partial charge in [-0.1, -0.05) is 30.3 Å². The fourth-order valence-corrected chi connectivity index (χ4v) is 1.05. The second-order valence-corrected chi connectivity index (χ2v) is 2.91. The van der Waals surface area contributed by atoms with Gasteiger partial charge in [0, 0.05) is 14.3 Å². The molecular formula is C11H17N. The average molecular weight is 169 g/mol. The summed E-state index contributed by atoms with van der Waals surface area (Å²) in [6, 6.07) is 8.67. The number of likely N-dealkylation sites (N-methyl/N-ethyl adjacent to an activating group) is 1. The van der Waals surface area contributed by atoms with Crippen LogP contribution in [0.4, 0.5) is 0 Å². The number of hydrogen-bond donors (Lipinski definition) is 0. The third-order valence-electron chi connectivity index (χ3n) is 1.81. The Balaban J connectivity index is 2.88. The number of hydrogen-bond acceptors (Lipinski definition) is 1. The number of nitrogens with zero attached hydrogens (tertiary/aromatic N) is 1. The normalized spacial score (nSPS) is 22.8. The van der Waals surface area contributed by atoms with Crippen molar-refractivity contribution in [2.45, 2.75) is 19.4 Å². The molecule has 0 spiro atoms. The molecule has 0 unspecified atom stereocenters. The van der Waals surface area contributed by atoms with Crippen molar-refractivity contribution < 1.29 is 8.22 Å². The molecule has 1 atom stereocenters. The molecule has 12 heavy (non-hydrogen) atoms. The van der Waals surface area contributed by atoms with Crippen LogP contribution in [0, 0.1) is 0 Å². The largest absolute Gasteiger partial charge is 0.306 e. The molecule has 0 fully saturated rings. The molecule has 1 nitrogen and oxygen atoms in total. The summed E-state index contributed by atoms with van der Waals surface area (Å²) in [4.78, 5) is 0.618. The number of benzene rings is 1. The maximum atomic E-state index is 7.34. The molecular weight excluding hydrogens is 146 g/mol. The summed E-state index contributed by atoms with van der Waals surface area (Å²) in [5.41, 5.74) is 0.920. The smallest absolute Gasteiger partial charge is 0.0394 e. The summed E-state index contributed by atoms with van der Waals surface area (Å²) in [6.07, 6.45) is 0.387. The van der Waals surface area contributed by atoms with Crippen molar-refractivity contribution in [1.29, 1.82) is 0 Å². The molecule has 0 heterocycles. The van der Waals surface area contributed by atoms with Crippen molar-refractivity contribution in [2.24, 2.45) is 0 Å². The van der Waals surface area contributed by atoms with Crippen LogP contribution in [0.15, 0.2) is 30.3 Å². The van der Waals surface area contributed by atoms with E-state index in [9.17, 15) is 0 Å². The molecule has 0 N–H and O–H groups in total. The summed E-state index contributed by atoms with van der Waals surface area (Å²) < 4.78 is 44.0. The van der Waals surface area contributed by atoms with Crippen LogP contribution in [-0.4, -0.2) is 24.9 Å². The first kappa shape index (κ1) is 3.93. The highest BCUT2D eigenvalue weighted by Gasteiger charge is 2.04. The van der Waals surface area contributed by atoms with Gasteiger partial charge in [-0.15, -0.1) is 0 Å². The molecule has 66 valence electrons. The molecule has 0 amide bonds. The lowest BCUT2D eigenvalue weighted by atomic mass is 10.1. The quantitative estimate of drug-likeness (QED) is 0.670. The average Bonchev–Trinajstić information content (AvgIpc) is 2.13. The van der Waals surface area contributed by atoms with Gasteiger partial charge in [-0.3, -0.25) is 0 Å². The topological polar surface area (TPSA) is 3.24 Å². The summed E-state index contributed by atoms with van der Waals surface area (Å²) >= 11 is 0. The molecule has 0 bridgehead atoms. The van der Waals surface area contributed by atoms with E-state index in [4.69, 9.17) is 8.22 Å². The molecule has 0 saturated carbocycles. The fourth-order valence-electron chi connectivity index (χ4n) is 1.05. The van der Waals surface area contributed by atoms with Gasteiger partial charge in [0.15, 0.2) is 0 Å². The zero-order valence-corrected chi connectivity index (χ0v) is 7.12. The first-order valence-electron chi connectivity index (χ1n) is 6.96. The lowest BCUT2D eigenvalue weighted by Gasteiger charge is -2.19. The predicted molar refractivity (Wildman–Crippen MR) is 53.3 cm³/mol. The number of rotatable bonds is 3. The van der Waals surface area contributed by atoms with E-state index in [-0.39, 0.29) is 0 Å². The molecule has 0 radical (unpaired) electrons. The van der Waals surface area contributed by atoms with Gasteiger partial charge in [-0.05, 0) is 32.9 Å². The Morgan fingerprint density at radius 3 is 2.58 bits per heavy atom. The van der Waals surface area contributed by atoms with Crippen LogP contribution in [-0.2, 0) is 6.42 Å². The maximum Gasteiger partial charge on any atom is 0.0394 e. The van der Waals surface area contributed by atoms with Crippen molar-refractivity contribution in [3.05, 3.63) is 35.9 Å². The Morgan fingerprint density at radius 1 is 1.33 bits per heavy atom. The Morgan fingerprint density at radius 2 is 2.00 bits per heavy atom. The summed E-state index contributed by atoms with van der Waals surface area (Å²) in [5.74, 6) is 0. The van der Waals surface area contributed by atoms with Gasteiger partial charge in [0.25, 0.3) is 0 Å². The standard InChI is InChI=1S/C11H17N/c1-10(12(2)3)9-11-7-5-4-6-8-11/h4-8,10H,9H2,1-3H3/t10-/m0/s1/i2D3,3D3. The van der Waals surface area contributed by atoms with Gasteiger partial charge in [-0.2, -0.15) is 0 Å². The molecule has 0 aliphatic carbocycles. The summed E-state index contributed by atoms with van der Waals surface area (Å²) in [7, 11) is 0. The van der Waals surface area contributed by atoms with E-state index in [0.717, 1.165) is 5.56 Å². The zero-order chi connectivity index (χ0) is 14.0. The maximum absolute atomic E-state index is 7.34. The van der Waals surface area contributed by atoms with Crippen molar-refractivity contribution >= 4 is 0 Å². The molecule has 0 aromatic heterocycles. The second kappa shape index (κ2) is 4.27.